The Morgan fingerprint density at radius 1 is 1.03 bits per heavy atom. The van der Waals surface area contributed by atoms with Crippen molar-refractivity contribution in [2.75, 3.05) is 12.4 Å². The van der Waals surface area contributed by atoms with Crippen LogP contribution in [0.1, 0.15) is 56.2 Å². The van der Waals surface area contributed by atoms with Gasteiger partial charge in [0.2, 0.25) is 5.91 Å². The molecule has 0 aromatic heterocycles. The summed E-state index contributed by atoms with van der Waals surface area (Å²) in [7, 11) is 1.52. The maximum absolute atomic E-state index is 12.4. The largest absolute Gasteiger partial charge is 0.493 e. The average molecular weight is 453 g/mol. The van der Waals surface area contributed by atoms with E-state index in [-0.39, 0.29) is 5.91 Å². The highest BCUT2D eigenvalue weighted by Gasteiger charge is 2.13. The number of allylic oxidation sites excluding steroid dienone is 2. The van der Waals surface area contributed by atoms with E-state index in [0.29, 0.717) is 30.4 Å². The Bertz CT molecular complexity index is 946. The summed E-state index contributed by atoms with van der Waals surface area (Å²) < 4.78 is 10.8. The van der Waals surface area contributed by atoms with E-state index in [0.717, 1.165) is 41.6 Å². The number of aryl methyl sites for hydroxylation is 2. The molecule has 33 heavy (non-hydrogen) atoms. The van der Waals surface area contributed by atoms with E-state index >= 15 is 0 Å². The molecule has 178 valence electrons. The Labute approximate surface area is 197 Å². The highest BCUT2D eigenvalue weighted by Crippen LogP contribution is 2.29. The number of carbonyl (C=O) groups is 2. The van der Waals surface area contributed by atoms with Gasteiger partial charge in [-0.15, -0.1) is 0 Å². The van der Waals surface area contributed by atoms with Crippen LogP contribution in [0, 0.1) is 19.8 Å². The van der Waals surface area contributed by atoms with Crippen LogP contribution >= 0.6 is 0 Å². The summed E-state index contributed by atoms with van der Waals surface area (Å²) in [4.78, 5) is 24.5. The lowest BCUT2D eigenvalue weighted by Gasteiger charge is -2.14. The van der Waals surface area contributed by atoms with Gasteiger partial charge in [0, 0.05) is 18.7 Å². The number of hydrogen-bond acceptors (Lipinski definition) is 4. The zero-order valence-corrected chi connectivity index (χ0v) is 20.4. The van der Waals surface area contributed by atoms with E-state index < -0.39 is 6.09 Å². The Kier molecular flexibility index (Phi) is 10.5. The number of nitrogens with one attached hydrogen (secondary N) is 2. The van der Waals surface area contributed by atoms with E-state index in [4.69, 9.17) is 9.47 Å². The first-order chi connectivity index (χ1) is 15.8. The fourth-order valence-electron chi connectivity index (χ4n) is 3.35. The summed E-state index contributed by atoms with van der Waals surface area (Å²) in [5.74, 6) is 1.32. The minimum atomic E-state index is -0.588. The van der Waals surface area contributed by atoms with Crippen LogP contribution in [0.2, 0.25) is 0 Å². The van der Waals surface area contributed by atoms with E-state index in [9.17, 15) is 9.59 Å². The molecule has 6 nitrogen and oxygen atoms in total. The topological polar surface area (TPSA) is 76.7 Å². The van der Waals surface area contributed by atoms with Crippen LogP contribution in [0.3, 0.4) is 0 Å². The van der Waals surface area contributed by atoms with Gasteiger partial charge in [0.25, 0.3) is 0 Å². The molecule has 2 amide bonds. The second-order valence-electron chi connectivity index (χ2n) is 8.46. The number of ether oxygens (including phenoxy) is 2. The number of benzene rings is 2. The summed E-state index contributed by atoms with van der Waals surface area (Å²) >= 11 is 0. The maximum Gasteiger partial charge on any atom is 0.417 e. The van der Waals surface area contributed by atoms with Crippen molar-refractivity contribution in [2.24, 2.45) is 5.92 Å². The van der Waals surface area contributed by atoms with E-state index in [1.807, 2.05) is 32.0 Å². The number of anilines is 1. The summed E-state index contributed by atoms with van der Waals surface area (Å²) in [6.45, 7) is 8.54. The van der Waals surface area contributed by atoms with Gasteiger partial charge in [0.05, 0.1) is 7.11 Å². The van der Waals surface area contributed by atoms with Crippen molar-refractivity contribution in [3.8, 4) is 11.5 Å². The molecule has 2 N–H and O–H groups in total. The fraction of sp³-hybridized carbons (Fsp3) is 0.407. The monoisotopic (exact) mass is 452 g/mol. The van der Waals surface area contributed by atoms with Gasteiger partial charge < -0.3 is 14.8 Å². The molecule has 0 atom stereocenters. The van der Waals surface area contributed by atoms with Crippen LogP contribution in [-0.4, -0.2) is 19.1 Å². The molecule has 2 aromatic rings. The highest BCUT2D eigenvalue weighted by molar-refractivity contribution is 5.88. The van der Waals surface area contributed by atoms with E-state index in [2.05, 4.69) is 36.6 Å². The Morgan fingerprint density at radius 3 is 2.42 bits per heavy atom. The number of unbranched alkanes of at least 4 members (excludes halogenated alkanes) is 2. The van der Waals surface area contributed by atoms with E-state index in [1.165, 1.54) is 7.11 Å². The zero-order valence-electron chi connectivity index (χ0n) is 20.4. The molecular formula is C27H36N2O4. The fourth-order valence-corrected chi connectivity index (χ4v) is 3.35. The molecule has 0 aliphatic rings. The SMILES string of the molecule is COc1cc(CNC(=O)CCCC/C=C/C(C)C)ccc1OC(=O)Nc1c(C)cccc1C. The lowest BCUT2D eigenvalue weighted by atomic mass is 10.1. The van der Waals surface area contributed by atoms with Crippen molar-refractivity contribution < 1.29 is 19.1 Å². The molecule has 6 heteroatoms. The minimum Gasteiger partial charge on any atom is -0.493 e. The molecule has 0 saturated carbocycles. The molecule has 0 aliphatic carbocycles. The van der Waals surface area contributed by atoms with Crippen molar-refractivity contribution in [2.45, 2.75) is 59.9 Å². The molecule has 0 heterocycles. The van der Waals surface area contributed by atoms with Gasteiger partial charge >= 0.3 is 6.09 Å². The minimum absolute atomic E-state index is 0.0233. The molecule has 0 saturated heterocycles. The second kappa shape index (κ2) is 13.3. The standard InChI is InChI=1S/C27H36N2O4/c1-19(2)11-8-6-7-9-14-25(30)28-18-22-15-16-23(24(17-22)32-5)33-27(31)29-26-20(3)12-10-13-21(26)4/h8,10-13,15-17,19H,6-7,9,14,18H2,1-5H3,(H,28,30)(H,29,31)/b11-8+. The average Bonchev–Trinajstić information content (AvgIpc) is 2.77. The summed E-state index contributed by atoms with van der Waals surface area (Å²) in [5, 5.41) is 5.72. The van der Waals surface area contributed by atoms with Crippen LogP contribution in [0.5, 0.6) is 11.5 Å². The van der Waals surface area contributed by atoms with Crippen LogP contribution in [0.15, 0.2) is 48.6 Å². The second-order valence-corrected chi connectivity index (χ2v) is 8.46. The molecule has 2 aromatic carbocycles. The predicted octanol–water partition coefficient (Wildman–Crippen LogP) is 6.31. The number of rotatable bonds is 11. The van der Waals surface area contributed by atoms with Gasteiger partial charge in [-0.3, -0.25) is 10.1 Å². The number of para-hydroxylation sites is 1. The van der Waals surface area contributed by atoms with Gasteiger partial charge in [-0.1, -0.05) is 50.3 Å². The first-order valence-corrected chi connectivity index (χ1v) is 11.5. The van der Waals surface area contributed by atoms with E-state index in [1.54, 1.807) is 18.2 Å². The van der Waals surface area contributed by atoms with Gasteiger partial charge in [0.1, 0.15) is 0 Å². The third-order valence-electron chi connectivity index (χ3n) is 5.17. The molecular weight excluding hydrogens is 416 g/mol. The summed E-state index contributed by atoms with van der Waals surface area (Å²) in [6.07, 6.45) is 7.15. The normalized spacial score (nSPS) is 11.0. The third-order valence-corrected chi connectivity index (χ3v) is 5.17. The summed E-state index contributed by atoms with van der Waals surface area (Å²) in [5.41, 5.74) is 3.51. The molecule has 0 aliphatic heterocycles. The van der Waals surface area contributed by atoms with Gasteiger partial charge in [-0.25, -0.2) is 4.79 Å². The first kappa shape index (κ1) is 26.0. The number of hydrogen-bond donors (Lipinski definition) is 2. The van der Waals surface area contributed by atoms with Crippen molar-refractivity contribution in [3.05, 3.63) is 65.2 Å². The summed E-state index contributed by atoms with van der Waals surface area (Å²) in [6, 6.07) is 11.0. The molecule has 0 unspecified atom stereocenters. The van der Waals surface area contributed by atoms with Crippen LogP contribution in [0.4, 0.5) is 10.5 Å². The van der Waals surface area contributed by atoms with Crippen LogP contribution in [0.25, 0.3) is 0 Å². The molecule has 0 bridgehead atoms. The Morgan fingerprint density at radius 2 is 1.76 bits per heavy atom. The van der Waals surface area contributed by atoms with Gasteiger partial charge in [0.15, 0.2) is 11.5 Å². The van der Waals surface area contributed by atoms with Crippen molar-refractivity contribution in [1.82, 2.24) is 5.32 Å². The zero-order chi connectivity index (χ0) is 24.2. The van der Waals surface area contributed by atoms with Gasteiger partial charge in [-0.05, 0) is 67.9 Å². The molecule has 0 spiro atoms. The highest BCUT2D eigenvalue weighted by atomic mass is 16.6. The number of methoxy groups -OCH3 is 1. The maximum atomic E-state index is 12.4. The van der Waals surface area contributed by atoms with Crippen molar-refractivity contribution in [1.29, 1.82) is 0 Å². The Balaban J connectivity index is 1.85. The quantitative estimate of drug-likeness (QED) is 0.309. The van der Waals surface area contributed by atoms with Crippen molar-refractivity contribution >= 4 is 17.7 Å². The lowest BCUT2D eigenvalue weighted by Crippen LogP contribution is -2.22. The molecule has 2 rings (SSSR count). The van der Waals surface area contributed by atoms with Crippen LogP contribution in [-0.2, 0) is 11.3 Å². The molecule has 0 fully saturated rings. The Hall–Kier alpha value is -3.28. The number of carbonyl (C=O) groups excluding carboxylic acids is 2. The lowest BCUT2D eigenvalue weighted by molar-refractivity contribution is -0.121. The predicted molar refractivity (Wildman–Crippen MR) is 133 cm³/mol. The van der Waals surface area contributed by atoms with Crippen molar-refractivity contribution in [3.63, 3.8) is 0 Å². The van der Waals surface area contributed by atoms with Crippen LogP contribution < -0.4 is 20.1 Å². The first-order valence-electron chi connectivity index (χ1n) is 11.5. The van der Waals surface area contributed by atoms with Gasteiger partial charge in [-0.2, -0.15) is 0 Å². The third kappa shape index (κ3) is 9.00. The smallest absolute Gasteiger partial charge is 0.417 e. The molecule has 0 radical (unpaired) electrons. The number of amides is 2.